The average molecular weight is 536 g/mol. The van der Waals surface area contributed by atoms with Gasteiger partial charge < -0.3 is 24.4 Å². The number of fused-ring (bicyclic) bond motifs is 2. The molecule has 1 fully saturated rings. The van der Waals surface area contributed by atoms with Crippen LogP contribution in [-0.2, 0) is 11.8 Å². The van der Waals surface area contributed by atoms with E-state index in [0.717, 1.165) is 33.8 Å². The molecule has 1 amide bonds. The molecule has 6 rings (SSSR count). The Morgan fingerprint density at radius 3 is 2.77 bits per heavy atom. The Kier molecular flexibility index (Phi) is 6.47. The molecule has 202 valence electrons. The molecule has 1 saturated heterocycles. The van der Waals surface area contributed by atoms with E-state index in [4.69, 9.17) is 9.72 Å². The third-order valence-electron chi connectivity index (χ3n) is 7.10. The van der Waals surface area contributed by atoms with Crippen molar-refractivity contribution >= 4 is 45.4 Å². The lowest BCUT2D eigenvalue weighted by Gasteiger charge is -2.39. The molecule has 0 saturated carbocycles. The van der Waals surface area contributed by atoms with Gasteiger partial charge in [-0.05, 0) is 55.8 Å². The lowest BCUT2D eigenvalue weighted by molar-refractivity contribution is -0.126. The number of amides is 1. The zero-order chi connectivity index (χ0) is 27.8. The van der Waals surface area contributed by atoms with Crippen molar-refractivity contribution in [3.05, 3.63) is 73.5 Å². The highest BCUT2D eigenvalue weighted by molar-refractivity contribution is 5.88. The van der Waals surface area contributed by atoms with E-state index in [1.54, 1.807) is 17.4 Å². The number of piperazine rings is 1. The minimum Gasteiger partial charge on any atom is -0.457 e. The molecular weight excluding hydrogens is 506 g/mol. The van der Waals surface area contributed by atoms with E-state index in [-0.39, 0.29) is 11.9 Å². The number of aryl methyl sites for hydroxylation is 2. The summed E-state index contributed by atoms with van der Waals surface area (Å²) < 4.78 is 8.14. The summed E-state index contributed by atoms with van der Waals surface area (Å²) in [5.74, 6) is 2.57. The maximum absolute atomic E-state index is 12.1. The molecule has 0 bridgehead atoms. The van der Waals surface area contributed by atoms with E-state index in [2.05, 4.69) is 43.7 Å². The zero-order valence-corrected chi connectivity index (χ0v) is 22.6. The maximum Gasteiger partial charge on any atom is 0.246 e. The van der Waals surface area contributed by atoms with Gasteiger partial charge in [-0.1, -0.05) is 6.58 Å². The minimum atomic E-state index is -0.0631. The fourth-order valence-corrected chi connectivity index (χ4v) is 4.94. The number of imidazole rings is 1. The Hall–Kier alpha value is -5.06. The van der Waals surface area contributed by atoms with E-state index >= 15 is 0 Å². The normalized spacial score (nSPS) is 15.4. The van der Waals surface area contributed by atoms with Crippen LogP contribution in [0.2, 0.25) is 0 Å². The second-order valence-electron chi connectivity index (χ2n) is 9.87. The number of nitrogens with zero attached hydrogens (tertiary/aromatic N) is 8. The van der Waals surface area contributed by atoms with Gasteiger partial charge in [0.1, 0.15) is 28.9 Å². The summed E-state index contributed by atoms with van der Waals surface area (Å²) in [6.07, 6.45) is 6.34. The van der Waals surface area contributed by atoms with Crippen molar-refractivity contribution in [2.75, 3.05) is 29.9 Å². The summed E-state index contributed by atoms with van der Waals surface area (Å²) in [4.78, 5) is 38.6. The summed E-state index contributed by atoms with van der Waals surface area (Å²) in [6.45, 7) is 9.42. The van der Waals surface area contributed by atoms with Gasteiger partial charge >= 0.3 is 0 Å². The quantitative estimate of drug-likeness (QED) is 0.317. The number of hydrogen-bond donors (Lipinski definition) is 1. The summed E-state index contributed by atoms with van der Waals surface area (Å²) in [6, 6.07) is 11.8. The van der Waals surface area contributed by atoms with Crippen LogP contribution in [0, 0.1) is 6.92 Å². The number of anilines is 3. The van der Waals surface area contributed by atoms with E-state index in [9.17, 15) is 4.79 Å². The number of aromatic nitrogens is 6. The average Bonchev–Trinajstić information content (AvgIpc) is 3.33. The first-order valence-corrected chi connectivity index (χ1v) is 13.0. The maximum atomic E-state index is 12.1. The van der Waals surface area contributed by atoms with Gasteiger partial charge in [-0.25, -0.2) is 24.9 Å². The van der Waals surface area contributed by atoms with Crippen molar-refractivity contribution < 1.29 is 9.53 Å². The fourth-order valence-electron chi connectivity index (χ4n) is 4.94. The molecule has 0 spiro atoms. The standard InChI is InChI=1S/C29H29N9O2/c1-5-26(39)37-10-11-38(19(3)15-37)29-30-14-23-27(35-29)28(32-16-31-23)34-20-6-9-25(18(2)12-20)40-21-7-8-24-22(13-21)33-17-36(24)4/h5-9,12-14,16-17,19H,1,10-11,15H2,2-4H3,(H,31,32,34). The van der Waals surface area contributed by atoms with Gasteiger partial charge in [-0.2, -0.15) is 0 Å². The number of hydrogen-bond acceptors (Lipinski definition) is 9. The van der Waals surface area contributed by atoms with Crippen LogP contribution in [0.5, 0.6) is 11.5 Å². The number of carbonyl (C=O) groups excluding carboxylic acids is 1. The highest BCUT2D eigenvalue weighted by atomic mass is 16.5. The number of rotatable bonds is 6. The molecule has 11 heteroatoms. The van der Waals surface area contributed by atoms with Crippen LogP contribution in [0.1, 0.15) is 12.5 Å². The molecule has 0 radical (unpaired) electrons. The van der Waals surface area contributed by atoms with Crippen molar-refractivity contribution in [3.8, 4) is 11.5 Å². The predicted octanol–water partition coefficient (Wildman–Crippen LogP) is 4.37. The molecule has 0 aliphatic carbocycles. The van der Waals surface area contributed by atoms with E-state index in [1.807, 2.05) is 54.9 Å². The third kappa shape index (κ3) is 4.77. The van der Waals surface area contributed by atoms with Crippen LogP contribution in [0.4, 0.5) is 17.5 Å². The van der Waals surface area contributed by atoms with E-state index < -0.39 is 0 Å². The van der Waals surface area contributed by atoms with Gasteiger partial charge in [0.05, 0.1) is 23.6 Å². The van der Waals surface area contributed by atoms with Crippen molar-refractivity contribution in [2.45, 2.75) is 19.9 Å². The van der Waals surface area contributed by atoms with E-state index in [0.29, 0.717) is 42.4 Å². The monoisotopic (exact) mass is 535 g/mol. The molecule has 3 aromatic heterocycles. The molecule has 5 aromatic rings. The highest BCUT2D eigenvalue weighted by Crippen LogP contribution is 2.31. The van der Waals surface area contributed by atoms with Crippen LogP contribution in [0.3, 0.4) is 0 Å². The predicted molar refractivity (Wildman–Crippen MR) is 154 cm³/mol. The molecule has 1 aliphatic heterocycles. The zero-order valence-electron chi connectivity index (χ0n) is 22.6. The van der Waals surface area contributed by atoms with E-state index in [1.165, 1.54) is 12.4 Å². The molecular formula is C29H29N9O2. The van der Waals surface area contributed by atoms with Gasteiger partial charge in [-0.3, -0.25) is 4.79 Å². The SMILES string of the molecule is C=CC(=O)N1CCN(c2ncc3ncnc(Nc4ccc(Oc5ccc6c(c5)ncn6C)c(C)c4)c3n2)C(C)C1. The van der Waals surface area contributed by atoms with Gasteiger partial charge in [0.25, 0.3) is 0 Å². The first-order valence-electron chi connectivity index (χ1n) is 13.0. The van der Waals surface area contributed by atoms with Gasteiger partial charge in [0, 0.05) is 44.5 Å². The first-order chi connectivity index (χ1) is 19.4. The van der Waals surface area contributed by atoms with Crippen LogP contribution in [0.15, 0.2) is 67.9 Å². The summed E-state index contributed by atoms with van der Waals surface area (Å²) in [5, 5.41) is 3.38. The lowest BCUT2D eigenvalue weighted by atomic mass is 10.2. The molecule has 11 nitrogen and oxygen atoms in total. The van der Waals surface area contributed by atoms with Gasteiger partial charge in [-0.15, -0.1) is 0 Å². The van der Waals surface area contributed by atoms with Gasteiger partial charge in [0.2, 0.25) is 11.9 Å². The topological polar surface area (TPSA) is 114 Å². The van der Waals surface area contributed by atoms with Gasteiger partial charge in [0.15, 0.2) is 5.82 Å². The molecule has 1 N–H and O–H groups in total. The molecule has 40 heavy (non-hydrogen) atoms. The Bertz CT molecular complexity index is 1750. The number of benzene rings is 2. The first kappa shape index (κ1) is 25.2. The molecule has 1 unspecified atom stereocenters. The number of ether oxygens (including phenoxy) is 1. The van der Waals surface area contributed by atoms with Crippen molar-refractivity contribution in [2.24, 2.45) is 7.05 Å². The van der Waals surface area contributed by atoms with Crippen molar-refractivity contribution in [1.29, 1.82) is 0 Å². The third-order valence-corrected chi connectivity index (χ3v) is 7.10. The summed E-state index contributed by atoms with van der Waals surface area (Å²) >= 11 is 0. The Morgan fingerprint density at radius 2 is 1.98 bits per heavy atom. The Morgan fingerprint density at radius 1 is 1.10 bits per heavy atom. The number of carbonyl (C=O) groups is 1. The van der Waals surface area contributed by atoms with Crippen molar-refractivity contribution in [3.63, 3.8) is 0 Å². The fraction of sp³-hybridized carbons (Fsp3) is 0.241. The number of nitrogens with one attached hydrogen (secondary N) is 1. The second-order valence-corrected chi connectivity index (χ2v) is 9.87. The Balaban J connectivity index is 1.22. The largest absolute Gasteiger partial charge is 0.457 e. The minimum absolute atomic E-state index is 0.0460. The second kappa shape index (κ2) is 10.3. The molecule has 1 aliphatic rings. The summed E-state index contributed by atoms with van der Waals surface area (Å²) in [7, 11) is 1.97. The molecule has 1 atom stereocenters. The van der Waals surface area contributed by atoms with Crippen molar-refractivity contribution in [1.82, 2.24) is 34.4 Å². The van der Waals surface area contributed by atoms with Crippen LogP contribution in [0.25, 0.3) is 22.1 Å². The highest BCUT2D eigenvalue weighted by Gasteiger charge is 2.27. The van der Waals surface area contributed by atoms with Crippen LogP contribution >= 0.6 is 0 Å². The van der Waals surface area contributed by atoms with Crippen LogP contribution < -0.4 is 15.0 Å². The van der Waals surface area contributed by atoms with Crippen LogP contribution in [-0.4, -0.2) is 66.0 Å². The molecule has 4 heterocycles. The smallest absolute Gasteiger partial charge is 0.246 e. The molecule has 2 aromatic carbocycles. The lowest BCUT2D eigenvalue weighted by Crippen LogP contribution is -2.54. The summed E-state index contributed by atoms with van der Waals surface area (Å²) in [5.41, 5.74) is 4.99. The Labute approximate surface area is 231 Å².